The van der Waals surface area contributed by atoms with Crippen LogP contribution in [0.5, 0.6) is 0 Å². The largest absolute Gasteiger partial charge is 0.383 e. The molecule has 2 saturated heterocycles. The van der Waals surface area contributed by atoms with Gasteiger partial charge in [-0.2, -0.15) is 0 Å². The zero-order chi connectivity index (χ0) is 24.1. The number of ether oxygens (including phenoxy) is 1. The number of likely N-dealkylation sites (tertiary alicyclic amines) is 1. The maximum absolute atomic E-state index is 13.7. The number of rotatable bonds is 8. The number of aryl methyl sites for hydroxylation is 1. The molecule has 2 aromatic rings. The fourth-order valence-corrected chi connectivity index (χ4v) is 5.88. The summed E-state index contributed by atoms with van der Waals surface area (Å²) in [6.07, 6.45) is 0.919. The molecule has 0 aliphatic carbocycles. The van der Waals surface area contributed by atoms with E-state index in [2.05, 4.69) is 22.4 Å². The van der Waals surface area contributed by atoms with Crippen LogP contribution in [0.2, 0.25) is 0 Å². The number of carbonyl (C=O) groups excluding carboxylic acids is 3. The topological polar surface area (TPSA) is 70.2 Å². The lowest BCUT2D eigenvalue weighted by Crippen LogP contribution is -2.45. The fraction of sp³-hybridized carbons (Fsp3) is 0.500. The summed E-state index contributed by atoms with van der Waals surface area (Å²) in [4.78, 5) is 47.1. The Kier molecular flexibility index (Phi) is 7.80. The summed E-state index contributed by atoms with van der Waals surface area (Å²) in [6, 6.07) is 11.8. The average molecular weight is 484 g/mol. The van der Waals surface area contributed by atoms with Crippen molar-refractivity contribution >= 4 is 29.1 Å². The molecule has 3 amide bonds. The van der Waals surface area contributed by atoms with Crippen molar-refractivity contribution in [1.29, 1.82) is 0 Å². The quantitative estimate of drug-likeness (QED) is 0.540. The Labute approximate surface area is 205 Å². The third-order valence-electron chi connectivity index (χ3n) is 6.94. The van der Waals surface area contributed by atoms with Crippen molar-refractivity contribution < 1.29 is 19.1 Å². The van der Waals surface area contributed by atoms with E-state index in [-0.39, 0.29) is 43.7 Å². The molecule has 0 radical (unpaired) electrons. The van der Waals surface area contributed by atoms with Gasteiger partial charge in [-0.25, -0.2) is 0 Å². The molecule has 0 spiro atoms. The summed E-state index contributed by atoms with van der Waals surface area (Å²) in [7, 11) is 1.55. The van der Waals surface area contributed by atoms with E-state index in [1.165, 1.54) is 9.78 Å². The molecule has 0 bridgehead atoms. The number of amides is 3. The zero-order valence-corrected chi connectivity index (χ0v) is 20.8. The van der Waals surface area contributed by atoms with E-state index in [0.29, 0.717) is 13.1 Å². The van der Waals surface area contributed by atoms with Gasteiger partial charge in [-0.05, 0) is 35.9 Å². The number of carbonyl (C=O) groups is 3. The molecule has 7 nitrogen and oxygen atoms in total. The van der Waals surface area contributed by atoms with Gasteiger partial charge in [-0.3, -0.25) is 24.2 Å². The molecule has 1 unspecified atom stereocenters. The molecule has 1 aromatic heterocycles. The van der Waals surface area contributed by atoms with Crippen molar-refractivity contribution in [3.05, 3.63) is 57.8 Å². The van der Waals surface area contributed by atoms with Crippen LogP contribution in [0.25, 0.3) is 0 Å². The van der Waals surface area contributed by atoms with Crippen LogP contribution in [0, 0.1) is 6.92 Å². The standard InChI is InChI=1S/C26H33N3O4S/c1-20-7-3-4-9-22(20)26(18-24(31)29(25(26)32)14-15-33-2)17-23(30)28-11-6-10-27(12-13-28)19-21-8-5-16-34-21/h3-5,7-9,16H,6,10-15,17-19H2,1-2H3. The molecular formula is C26H33N3O4S. The smallest absolute Gasteiger partial charge is 0.240 e. The lowest BCUT2D eigenvalue weighted by molar-refractivity contribution is -0.143. The van der Waals surface area contributed by atoms with Crippen LogP contribution >= 0.6 is 11.3 Å². The Hall–Kier alpha value is -2.55. The van der Waals surface area contributed by atoms with Crippen molar-refractivity contribution in [3.63, 3.8) is 0 Å². The van der Waals surface area contributed by atoms with Crippen LogP contribution in [0.4, 0.5) is 0 Å². The van der Waals surface area contributed by atoms with Crippen LogP contribution in [0.15, 0.2) is 41.8 Å². The third kappa shape index (κ3) is 5.09. The van der Waals surface area contributed by atoms with E-state index in [9.17, 15) is 14.4 Å². The predicted octanol–water partition coefficient (Wildman–Crippen LogP) is 2.82. The van der Waals surface area contributed by atoms with Gasteiger partial charge in [0.15, 0.2) is 0 Å². The highest BCUT2D eigenvalue weighted by Gasteiger charge is 2.54. The van der Waals surface area contributed by atoms with Crippen molar-refractivity contribution in [2.75, 3.05) is 46.4 Å². The Bertz CT molecular complexity index is 1020. The molecule has 2 fully saturated rings. The number of hydrogen-bond acceptors (Lipinski definition) is 6. The van der Waals surface area contributed by atoms with Crippen LogP contribution in [0.1, 0.15) is 35.3 Å². The molecule has 2 aliphatic heterocycles. The summed E-state index contributed by atoms with van der Waals surface area (Å²) >= 11 is 1.75. The van der Waals surface area contributed by atoms with Crippen molar-refractivity contribution in [3.8, 4) is 0 Å². The van der Waals surface area contributed by atoms with Gasteiger partial charge in [-0.1, -0.05) is 30.3 Å². The minimum atomic E-state index is -1.16. The summed E-state index contributed by atoms with van der Waals surface area (Å²) in [6.45, 7) is 6.35. The van der Waals surface area contributed by atoms with E-state index in [1.807, 2.05) is 36.1 Å². The first kappa shape index (κ1) is 24.6. The van der Waals surface area contributed by atoms with Crippen molar-refractivity contribution in [2.24, 2.45) is 0 Å². The van der Waals surface area contributed by atoms with Gasteiger partial charge in [-0.15, -0.1) is 11.3 Å². The van der Waals surface area contributed by atoms with Gasteiger partial charge in [0.1, 0.15) is 0 Å². The fourth-order valence-electron chi connectivity index (χ4n) is 5.13. The molecule has 3 heterocycles. The number of thiophene rings is 1. The van der Waals surface area contributed by atoms with Gasteiger partial charge in [0, 0.05) is 57.6 Å². The number of methoxy groups -OCH3 is 1. The summed E-state index contributed by atoms with van der Waals surface area (Å²) < 4.78 is 5.11. The maximum atomic E-state index is 13.7. The highest BCUT2D eigenvalue weighted by Crippen LogP contribution is 2.41. The zero-order valence-electron chi connectivity index (χ0n) is 20.0. The molecule has 182 valence electrons. The first-order valence-electron chi connectivity index (χ1n) is 11.9. The predicted molar refractivity (Wildman–Crippen MR) is 131 cm³/mol. The molecule has 0 saturated carbocycles. The number of imide groups is 1. The normalized spacial score (nSPS) is 21.8. The Morgan fingerprint density at radius 1 is 1.09 bits per heavy atom. The van der Waals surface area contributed by atoms with E-state index < -0.39 is 5.41 Å². The molecule has 0 N–H and O–H groups in total. The van der Waals surface area contributed by atoms with Gasteiger partial charge in [0.05, 0.1) is 18.6 Å². The van der Waals surface area contributed by atoms with E-state index in [0.717, 1.165) is 37.2 Å². The van der Waals surface area contributed by atoms with E-state index >= 15 is 0 Å². The molecule has 4 rings (SSSR count). The number of benzene rings is 1. The van der Waals surface area contributed by atoms with Gasteiger partial charge >= 0.3 is 0 Å². The van der Waals surface area contributed by atoms with Crippen molar-refractivity contribution in [1.82, 2.24) is 14.7 Å². The Balaban J connectivity index is 1.53. The number of nitrogens with zero attached hydrogens (tertiary/aromatic N) is 3. The first-order chi connectivity index (χ1) is 16.4. The molecule has 1 atom stereocenters. The average Bonchev–Trinajstić information content (AvgIpc) is 3.32. The van der Waals surface area contributed by atoms with Gasteiger partial charge in [0.25, 0.3) is 0 Å². The van der Waals surface area contributed by atoms with Crippen LogP contribution in [-0.4, -0.2) is 78.9 Å². The maximum Gasteiger partial charge on any atom is 0.240 e. The monoisotopic (exact) mass is 483 g/mol. The Morgan fingerprint density at radius 2 is 1.91 bits per heavy atom. The van der Waals surface area contributed by atoms with E-state index in [1.54, 1.807) is 18.4 Å². The number of hydrogen-bond donors (Lipinski definition) is 0. The minimum Gasteiger partial charge on any atom is -0.383 e. The van der Waals surface area contributed by atoms with Crippen LogP contribution in [-0.2, 0) is 31.1 Å². The molecule has 34 heavy (non-hydrogen) atoms. The SMILES string of the molecule is COCCN1C(=O)CC(CC(=O)N2CCCN(Cc3cccs3)CC2)(c2ccccc2C)C1=O. The molecule has 1 aromatic carbocycles. The second-order valence-corrected chi connectivity index (χ2v) is 10.2. The molecular weight excluding hydrogens is 450 g/mol. The highest BCUT2D eigenvalue weighted by atomic mass is 32.1. The highest BCUT2D eigenvalue weighted by molar-refractivity contribution is 7.09. The second-order valence-electron chi connectivity index (χ2n) is 9.18. The second kappa shape index (κ2) is 10.8. The van der Waals surface area contributed by atoms with Gasteiger partial charge in [0.2, 0.25) is 17.7 Å². The third-order valence-corrected chi connectivity index (χ3v) is 7.80. The lowest BCUT2D eigenvalue weighted by Gasteiger charge is -2.31. The summed E-state index contributed by atoms with van der Waals surface area (Å²) in [5, 5.41) is 2.09. The van der Waals surface area contributed by atoms with Crippen LogP contribution < -0.4 is 0 Å². The van der Waals surface area contributed by atoms with Crippen LogP contribution in [0.3, 0.4) is 0 Å². The molecule has 2 aliphatic rings. The Morgan fingerprint density at radius 3 is 2.65 bits per heavy atom. The van der Waals surface area contributed by atoms with Crippen molar-refractivity contribution in [2.45, 2.75) is 38.1 Å². The summed E-state index contributed by atoms with van der Waals surface area (Å²) in [5.41, 5.74) is 0.537. The van der Waals surface area contributed by atoms with E-state index in [4.69, 9.17) is 4.74 Å². The minimum absolute atomic E-state index is 0.0107. The summed E-state index contributed by atoms with van der Waals surface area (Å²) in [5.74, 6) is -0.585. The van der Waals surface area contributed by atoms with Gasteiger partial charge < -0.3 is 9.64 Å². The lowest BCUT2D eigenvalue weighted by atomic mass is 9.74. The molecule has 8 heteroatoms. The first-order valence-corrected chi connectivity index (χ1v) is 12.7.